The third-order valence-electron chi connectivity index (χ3n) is 1.66. The summed E-state index contributed by atoms with van der Waals surface area (Å²) in [7, 11) is 0. The van der Waals surface area contributed by atoms with Crippen molar-refractivity contribution in [2.75, 3.05) is 18.0 Å². The lowest BCUT2D eigenvalue weighted by molar-refractivity contribution is 0.0957. The maximum absolute atomic E-state index is 11.4. The summed E-state index contributed by atoms with van der Waals surface area (Å²) in [6.45, 7) is 2.42. The van der Waals surface area contributed by atoms with Crippen molar-refractivity contribution in [1.29, 1.82) is 0 Å². The van der Waals surface area contributed by atoms with Gasteiger partial charge in [0.05, 0.1) is 5.56 Å². The standard InChI is InChI=1S/C9H13N3O/c1-2-12-9(13)7-5-6(10)3-4-8(7)11/h3-5H,2,10-11H2,1H3,(H,12,13). The lowest BCUT2D eigenvalue weighted by atomic mass is 10.1. The average molecular weight is 179 g/mol. The molecule has 70 valence electrons. The van der Waals surface area contributed by atoms with Crippen LogP contribution in [0.25, 0.3) is 0 Å². The normalized spacial score (nSPS) is 9.62. The molecule has 1 amide bonds. The number of benzene rings is 1. The molecule has 13 heavy (non-hydrogen) atoms. The van der Waals surface area contributed by atoms with E-state index in [1.54, 1.807) is 18.2 Å². The lowest BCUT2D eigenvalue weighted by Gasteiger charge is -2.05. The Bertz CT molecular complexity index is 323. The van der Waals surface area contributed by atoms with Crippen LogP contribution in [0.1, 0.15) is 17.3 Å². The fourth-order valence-corrected chi connectivity index (χ4v) is 1.03. The predicted octanol–water partition coefficient (Wildman–Crippen LogP) is 0.601. The van der Waals surface area contributed by atoms with Crippen LogP contribution in [0.2, 0.25) is 0 Å². The van der Waals surface area contributed by atoms with Gasteiger partial charge in [0, 0.05) is 17.9 Å². The molecule has 0 spiro atoms. The molecular weight excluding hydrogens is 166 g/mol. The molecule has 1 aromatic carbocycles. The molecule has 1 aromatic rings. The molecule has 0 aromatic heterocycles. The van der Waals surface area contributed by atoms with Crippen LogP contribution in [-0.2, 0) is 0 Å². The van der Waals surface area contributed by atoms with Gasteiger partial charge in [0.15, 0.2) is 0 Å². The van der Waals surface area contributed by atoms with Crippen molar-refractivity contribution < 1.29 is 4.79 Å². The first kappa shape index (κ1) is 9.38. The van der Waals surface area contributed by atoms with E-state index in [0.717, 1.165) is 0 Å². The maximum atomic E-state index is 11.4. The van der Waals surface area contributed by atoms with Crippen molar-refractivity contribution in [2.24, 2.45) is 0 Å². The number of rotatable bonds is 2. The van der Waals surface area contributed by atoms with Crippen molar-refractivity contribution in [3.63, 3.8) is 0 Å². The van der Waals surface area contributed by atoms with E-state index in [2.05, 4.69) is 5.32 Å². The first-order valence-electron chi connectivity index (χ1n) is 4.08. The second-order valence-electron chi connectivity index (χ2n) is 2.71. The lowest BCUT2D eigenvalue weighted by Crippen LogP contribution is -2.23. The van der Waals surface area contributed by atoms with Gasteiger partial charge in [-0.3, -0.25) is 4.79 Å². The fraction of sp³-hybridized carbons (Fsp3) is 0.222. The monoisotopic (exact) mass is 179 g/mol. The van der Waals surface area contributed by atoms with Crippen LogP contribution in [0.3, 0.4) is 0 Å². The van der Waals surface area contributed by atoms with Gasteiger partial charge in [0.2, 0.25) is 0 Å². The first-order valence-corrected chi connectivity index (χ1v) is 4.08. The Hall–Kier alpha value is -1.71. The number of nitrogens with one attached hydrogen (secondary N) is 1. The molecule has 0 aliphatic rings. The number of carbonyl (C=O) groups is 1. The number of carbonyl (C=O) groups excluding carboxylic acids is 1. The highest BCUT2D eigenvalue weighted by atomic mass is 16.1. The van der Waals surface area contributed by atoms with Crippen LogP contribution in [0.15, 0.2) is 18.2 Å². The van der Waals surface area contributed by atoms with Gasteiger partial charge >= 0.3 is 0 Å². The average Bonchev–Trinajstić information content (AvgIpc) is 2.09. The number of hydrogen-bond donors (Lipinski definition) is 3. The second-order valence-corrected chi connectivity index (χ2v) is 2.71. The summed E-state index contributed by atoms with van der Waals surface area (Å²) in [6, 6.07) is 4.86. The van der Waals surface area contributed by atoms with Crippen LogP contribution in [0.4, 0.5) is 11.4 Å². The molecule has 0 atom stereocenters. The summed E-state index contributed by atoms with van der Waals surface area (Å²) in [5.74, 6) is -0.188. The molecular formula is C9H13N3O. The molecule has 4 nitrogen and oxygen atoms in total. The highest BCUT2D eigenvalue weighted by molar-refractivity contribution is 5.99. The van der Waals surface area contributed by atoms with Crippen LogP contribution < -0.4 is 16.8 Å². The molecule has 4 heteroatoms. The van der Waals surface area contributed by atoms with Gasteiger partial charge in [0.1, 0.15) is 0 Å². The Labute approximate surface area is 76.9 Å². The van der Waals surface area contributed by atoms with Gasteiger partial charge in [-0.25, -0.2) is 0 Å². The Balaban J connectivity index is 2.99. The molecule has 0 saturated heterocycles. The highest BCUT2D eigenvalue weighted by Crippen LogP contribution is 2.14. The zero-order valence-corrected chi connectivity index (χ0v) is 7.50. The van der Waals surface area contributed by atoms with E-state index < -0.39 is 0 Å². The van der Waals surface area contributed by atoms with E-state index in [-0.39, 0.29) is 5.91 Å². The van der Waals surface area contributed by atoms with Crippen LogP contribution in [-0.4, -0.2) is 12.5 Å². The first-order chi connectivity index (χ1) is 6.15. The second kappa shape index (κ2) is 3.80. The molecule has 5 N–H and O–H groups in total. The topological polar surface area (TPSA) is 81.1 Å². The summed E-state index contributed by atoms with van der Waals surface area (Å²) < 4.78 is 0. The summed E-state index contributed by atoms with van der Waals surface area (Å²) in [5, 5.41) is 2.66. The van der Waals surface area contributed by atoms with E-state index in [1.165, 1.54) is 0 Å². The van der Waals surface area contributed by atoms with E-state index in [9.17, 15) is 4.79 Å². The number of nitrogen functional groups attached to an aromatic ring is 2. The summed E-state index contributed by atoms with van der Waals surface area (Å²) in [4.78, 5) is 11.4. The van der Waals surface area contributed by atoms with Crippen molar-refractivity contribution >= 4 is 17.3 Å². The smallest absolute Gasteiger partial charge is 0.253 e. The van der Waals surface area contributed by atoms with Crippen molar-refractivity contribution in [2.45, 2.75) is 6.92 Å². The molecule has 0 radical (unpaired) electrons. The maximum Gasteiger partial charge on any atom is 0.253 e. The zero-order valence-electron chi connectivity index (χ0n) is 7.50. The summed E-state index contributed by atoms with van der Waals surface area (Å²) in [5.41, 5.74) is 12.5. The molecule has 1 rings (SSSR count). The molecule has 0 unspecified atom stereocenters. The van der Waals surface area contributed by atoms with E-state index >= 15 is 0 Å². The Morgan fingerprint density at radius 2 is 2.15 bits per heavy atom. The molecule has 0 heterocycles. The van der Waals surface area contributed by atoms with E-state index in [0.29, 0.717) is 23.5 Å². The number of amides is 1. The van der Waals surface area contributed by atoms with E-state index in [1.807, 2.05) is 6.92 Å². The zero-order chi connectivity index (χ0) is 9.84. The minimum atomic E-state index is -0.188. The summed E-state index contributed by atoms with van der Waals surface area (Å²) in [6.07, 6.45) is 0. The molecule has 0 aliphatic heterocycles. The Morgan fingerprint density at radius 3 is 2.77 bits per heavy atom. The number of nitrogens with two attached hydrogens (primary N) is 2. The van der Waals surface area contributed by atoms with Crippen molar-refractivity contribution in [1.82, 2.24) is 5.32 Å². The predicted molar refractivity (Wildman–Crippen MR) is 53.3 cm³/mol. The third-order valence-corrected chi connectivity index (χ3v) is 1.66. The SMILES string of the molecule is CCNC(=O)c1cc(N)ccc1N. The van der Waals surface area contributed by atoms with Crippen LogP contribution >= 0.6 is 0 Å². The third kappa shape index (κ3) is 2.11. The van der Waals surface area contributed by atoms with Gasteiger partial charge in [-0.05, 0) is 25.1 Å². The number of hydrogen-bond acceptors (Lipinski definition) is 3. The van der Waals surface area contributed by atoms with Crippen molar-refractivity contribution in [3.05, 3.63) is 23.8 Å². The van der Waals surface area contributed by atoms with Crippen LogP contribution in [0, 0.1) is 0 Å². The Kier molecular flexibility index (Phi) is 2.74. The van der Waals surface area contributed by atoms with Gasteiger partial charge < -0.3 is 16.8 Å². The van der Waals surface area contributed by atoms with Gasteiger partial charge in [-0.15, -0.1) is 0 Å². The largest absolute Gasteiger partial charge is 0.399 e. The summed E-state index contributed by atoms with van der Waals surface area (Å²) >= 11 is 0. The minimum Gasteiger partial charge on any atom is -0.399 e. The van der Waals surface area contributed by atoms with Gasteiger partial charge in [0.25, 0.3) is 5.91 Å². The minimum absolute atomic E-state index is 0.188. The van der Waals surface area contributed by atoms with E-state index in [4.69, 9.17) is 11.5 Å². The van der Waals surface area contributed by atoms with Gasteiger partial charge in [-0.2, -0.15) is 0 Å². The Morgan fingerprint density at radius 1 is 1.46 bits per heavy atom. The quantitative estimate of drug-likeness (QED) is 0.581. The highest BCUT2D eigenvalue weighted by Gasteiger charge is 2.07. The van der Waals surface area contributed by atoms with Gasteiger partial charge in [-0.1, -0.05) is 0 Å². The fourth-order valence-electron chi connectivity index (χ4n) is 1.03. The van der Waals surface area contributed by atoms with Crippen molar-refractivity contribution in [3.8, 4) is 0 Å². The molecule has 0 fully saturated rings. The van der Waals surface area contributed by atoms with Crippen LogP contribution in [0.5, 0.6) is 0 Å². The molecule has 0 saturated carbocycles. The number of anilines is 2. The molecule has 0 aliphatic carbocycles. The molecule has 0 bridgehead atoms.